The molecule has 0 fully saturated rings. The molecule has 1 rings (SSSR count). The second kappa shape index (κ2) is 6.88. The van der Waals surface area contributed by atoms with Gasteiger partial charge >= 0.3 is 0 Å². The Morgan fingerprint density at radius 2 is 2.18 bits per heavy atom. The number of hydrogen-bond donors (Lipinski definition) is 4. The van der Waals surface area contributed by atoms with Gasteiger partial charge in [0.05, 0.1) is 6.10 Å². The molecule has 0 aliphatic heterocycles. The summed E-state index contributed by atoms with van der Waals surface area (Å²) in [6.45, 7) is 3.26. The lowest BCUT2D eigenvalue weighted by molar-refractivity contribution is 0.0953. The smallest absolute Gasteiger partial charge is 0.251 e. The van der Waals surface area contributed by atoms with Gasteiger partial charge in [0, 0.05) is 25.2 Å². The lowest BCUT2D eigenvalue weighted by atomic mass is 10.2. The standard InChI is InChI=1S/C12H18N2O3/c1-9(15)8-13-5-6-14-12(17)10-3-2-4-11(16)7-10/h2-4,7,9,13,15-16H,5-6,8H2,1H3,(H,14,17). The van der Waals surface area contributed by atoms with Gasteiger partial charge in [-0.25, -0.2) is 0 Å². The van der Waals surface area contributed by atoms with E-state index in [1.807, 2.05) is 0 Å². The first-order valence-electron chi connectivity index (χ1n) is 5.55. The topological polar surface area (TPSA) is 81.6 Å². The second-order valence-corrected chi connectivity index (χ2v) is 3.86. The highest BCUT2D eigenvalue weighted by Crippen LogP contribution is 2.10. The number of carbonyl (C=O) groups excluding carboxylic acids is 1. The molecule has 0 bridgehead atoms. The number of phenols is 1. The number of rotatable bonds is 6. The minimum absolute atomic E-state index is 0.0740. The van der Waals surface area contributed by atoms with Gasteiger partial charge < -0.3 is 20.8 Å². The van der Waals surface area contributed by atoms with Gasteiger partial charge in [-0.1, -0.05) is 6.07 Å². The van der Waals surface area contributed by atoms with E-state index in [2.05, 4.69) is 10.6 Å². The Morgan fingerprint density at radius 1 is 1.41 bits per heavy atom. The van der Waals surface area contributed by atoms with Crippen molar-refractivity contribution < 1.29 is 15.0 Å². The van der Waals surface area contributed by atoms with Crippen LogP contribution in [-0.2, 0) is 0 Å². The van der Waals surface area contributed by atoms with Crippen molar-refractivity contribution in [3.8, 4) is 5.75 Å². The lowest BCUT2D eigenvalue weighted by Crippen LogP contribution is -2.34. The van der Waals surface area contributed by atoms with Crippen LogP contribution in [0.3, 0.4) is 0 Å². The Morgan fingerprint density at radius 3 is 2.82 bits per heavy atom. The van der Waals surface area contributed by atoms with Crippen LogP contribution >= 0.6 is 0 Å². The van der Waals surface area contributed by atoms with Crippen LogP contribution in [0.5, 0.6) is 5.75 Å². The second-order valence-electron chi connectivity index (χ2n) is 3.86. The van der Waals surface area contributed by atoms with Crippen LogP contribution in [0.25, 0.3) is 0 Å². The Kier molecular flexibility index (Phi) is 5.45. The molecule has 5 nitrogen and oxygen atoms in total. The maximum Gasteiger partial charge on any atom is 0.251 e. The molecule has 94 valence electrons. The Balaban J connectivity index is 2.26. The quantitative estimate of drug-likeness (QED) is 0.530. The van der Waals surface area contributed by atoms with Gasteiger partial charge in [0.2, 0.25) is 0 Å². The summed E-state index contributed by atoms with van der Waals surface area (Å²) < 4.78 is 0. The number of aromatic hydroxyl groups is 1. The first-order chi connectivity index (χ1) is 8.09. The van der Waals surface area contributed by atoms with Gasteiger partial charge in [0.15, 0.2) is 0 Å². The minimum atomic E-state index is -0.392. The van der Waals surface area contributed by atoms with Gasteiger partial charge in [-0.15, -0.1) is 0 Å². The summed E-state index contributed by atoms with van der Waals surface area (Å²) >= 11 is 0. The highest BCUT2D eigenvalue weighted by atomic mass is 16.3. The maximum absolute atomic E-state index is 11.6. The predicted molar refractivity (Wildman–Crippen MR) is 65.0 cm³/mol. The van der Waals surface area contributed by atoms with Crippen LogP contribution in [0.2, 0.25) is 0 Å². The molecule has 1 aromatic rings. The van der Waals surface area contributed by atoms with Crippen molar-refractivity contribution in [3.63, 3.8) is 0 Å². The molecule has 4 N–H and O–H groups in total. The van der Waals surface area contributed by atoms with Crippen molar-refractivity contribution in [1.82, 2.24) is 10.6 Å². The van der Waals surface area contributed by atoms with Crippen LogP contribution in [0, 0.1) is 0 Å². The third-order valence-corrected chi connectivity index (χ3v) is 2.14. The molecule has 1 unspecified atom stereocenters. The number of amides is 1. The number of nitrogens with one attached hydrogen (secondary N) is 2. The van der Waals surface area contributed by atoms with Crippen molar-refractivity contribution in [2.75, 3.05) is 19.6 Å². The molecule has 0 spiro atoms. The van der Waals surface area contributed by atoms with Crippen LogP contribution < -0.4 is 10.6 Å². The minimum Gasteiger partial charge on any atom is -0.508 e. The average Bonchev–Trinajstić information content (AvgIpc) is 2.28. The van der Waals surface area contributed by atoms with Crippen molar-refractivity contribution in [2.45, 2.75) is 13.0 Å². The fraction of sp³-hybridized carbons (Fsp3) is 0.417. The first-order valence-corrected chi connectivity index (χ1v) is 5.55. The number of benzene rings is 1. The van der Waals surface area contributed by atoms with Crippen molar-refractivity contribution >= 4 is 5.91 Å². The summed E-state index contributed by atoms with van der Waals surface area (Å²) in [6, 6.07) is 6.19. The number of carbonyl (C=O) groups is 1. The third kappa shape index (κ3) is 5.33. The molecule has 17 heavy (non-hydrogen) atoms. The number of aliphatic hydroxyl groups is 1. The average molecular weight is 238 g/mol. The van der Waals surface area contributed by atoms with Gasteiger partial charge in [0.1, 0.15) is 5.75 Å². The van der Waals surface area contributed by atoms with E-state index in [9.17, 15) is 9.90 Å². The molecular formula is C12H18N2O3. The first kappa shape index (κ1) is 13.5. The molecule has 0 saturated heterocycles. The zero-order valence-electron chi connectivity index (χ0n) is 9.81. The van der Waals surface area contributed by atoms with E-state index < -0.39 is 6.10 Å². The molecule has 0 aliphatic rings. The maximum atomic E-state index is 11.6. The zero-order valence-corrected chi connectivity index (χ0v) is 9.81. The van der Waals surface area contributed by atoms with Crippen LogP contribution in [-0.4, -0.2) is 41.9 Å². The fourth-order valence-corrected chi connectivity index (χ4v) is 1.32. The molecule has 0 saturated carbocycles. The highest BCUT2D eigenvalue weighted by Gasteiger charge is 2.04. The number of phenolic OH excluding ortho intramolecular Hbond substituents is 1. The predicted octanol–water partition coefficient (Wildman–Crippen LogP) is 0.0924. The summed E-state index contributed by atoms with van der Waals surface area (Å²) in [5, 5.41) is 23.9. The van der Waals surface area contributed by atoms with E-state index in [0.717, 1.165) is 0 Å². The summed E-state index contributed by atoms with van der Waals surface area (Å²) in [4.78, 5) is 11.6. The van der Waals surface area contributed by atoms with Crippen LogP contribution in [0.1, 0.15) is 17.3 Å². The Hall–Kier alpha value is -1.59. The van der Waals surface area contributed by atoms with Gasteiger partial charge in [-0.3, -0.25) is 4.79 Å². The highest BCUT2D eigenvalue weighted by molar-refractivity contribution is 5.94. The van der Waals surface area contributed by atoms with E-state index >= 15 is 0 Å². The van der Waals surface area contributed by atoms with E-state index in [4.69, 9.17) is 5.11 Å². The summed E-state index contributed by atoms with van der Waals surface area (Å²) in [6.07, 6.45) is -0.392. The number of hydrogen-bond acceptors (Lipinski definition) is 4. The molecule has 0 aliphatic carbocycles. The number of aliphatic hydroxyl groups excluding tert-OH is 1. The molecule has 5 heteroatoms. The van der Waals surface area contributed by atoms with E-state index in [-0.39, 0.29) is 11.7 Å². The fourth-order valence-electron chi connectivity index (χ4n) is 1.32. The molecule has 1 aromatic carbocycles. The van der Waals surface area contributed by atoms with E-state index in [0.29, 0.717) is 25.2 Å². The van der Waals surface area contributed by atoms with Gasteiger partial charge in [-0.05, 0) is 25.1 Å². The summed E-state index contributed by atoms with van der Waals surface area (Å²) in [5.41, 5.74) is 0.431. The molecule has 1 amide bonds. The SMILES string of the molecule is CC(O)CNCCNC(=O)c1cccc(O)c1. The van der Waals surface area contributed by atoms with Crippen molar-refractivity contribution in [2.24, 2.45) is 0 Å². The van der Waals surface area contributed by atoms with Crippen molar-refractivity contribution in [3.05, 3.63) is 29.8 Å². The third-order valence-electron chi connectivity index (χ3n) is 2.14. The molecule has 0 heterocycles. The largest absolute Gasteiger partial charge is 0.508 e. The Bertz CT molecular complexity index is 367. The molecule has 0 aromatic heterocycles. The molecule has 1 atom stereocenters. The van der Waals surface area contributed by atoms with Gasteiger partial charge in [0.25, 0.3) is 5.91 Å². The molecule has 0 radical (unpaired) electrons. The van der Waals surface area contributed by atoms with Crippen molar-refractivity contribution in [1.29, 1.82) is 0 Å². The summed E-state index contributed by atoms with van der Waals surface area (Å²) in [5.74, 6) is -0.148. The van der Waals surface area contributed by atoms with Crippen LogP contribution in [0.4, 0.5) is 0 Å². The van der Waals surface area contributed by atoms with Crippen LogP contribution in [0.15, 0.2) is 24.3 Å². The van der Waals surface area contributed by atoms with E-state index in [1.165, 1.54) is 12.1 Å². The van der Waals surface area contributed by atoms with E-state index in [1.54, 1.807) is 19.1 Å². The normalized spacial score (nSPS) is 12.1. The summed E-state index contributed by atoms with van der Waals surface area (Å²) in [7, 11) is 0. The lowest BCUT2D eigenvalue weighted by Gasteiger charge is -2.08. The zero-order chi connectivity index (χ0) is 12.7. The molecular weight excluding hydrogens is 220 g/mol. The van der Waals surface area contributed by atoms with Gasteiger partial charge in [-0.2, -0.15) is 0 Å². The monoisotopic (exact) mass is 238 g/mol. The Labute approximate surface area is 100 Å².